The zero-order chi connectivity index (χ0) is 20.4. The van der Waals surface area contributed by atoms with Crippen LogP contribution in [0.5, 0.6) is 0 Å². The number of oxazole rings is 1. The van der Waals surface area contributed by atoms with Crippen molar-refractivity contribution < 1.29 is 18.3 Å². The van der Waals surface area contributed by atoms with Crippen molar-refractivity contribution in [3.63, 3.8) is 0 Å². The van der Waals surface area contributed by atoms with E-state index in [-0.39, 0.29) is 29.9 Å². The molecule has 10 heteroatoms. The molecule has 2 saturated heterocycles. The van der Waals surface area contributed by atoms with Crippen LogP contribution in [0.15, 0.2) is 33.6 Å². The van der Waals surface area contributed by atoms with Crippen LogP contribution in [0.25, 0.3) is 6.08 Å². The number of thiocarbonyl (C=S) groups is 1. The summed E-state index contributed by atoms with van der Waals surface area (Å²) in [5.74, 6) is -0.0737. The monoisotopic (exact) mass is 430 g/mol. The molecule has 2 fully saturated rings. The molecule has 2 aromatic rings. The van der Waals surface area contributed by atoms with Crippen LogP contribution in [0.4, 0.5) is 10.3 Å². The summed E-state index contributed by atoms with van der Waals surface area (Å²) in [5, 5.41) is 9.36. The molecule has 0 N–H and O–H groups in total. The van der Waals surface area contributed by atoms with Gasteiger partial charge in [-0.05, 0) is 17.7 Å². The first-order chi connectivity index (χ1) is 14.0. The highest BCUT2D eigenvalue weighted by atomic mass is 32.2. The van der Waals surface area contributed by atoms with Gasteiger partial charge in [-0.15, -0.1) is 0 Å². The number of morpholine rings is 1. The molecule has 2 aliphatic rings. The minimum absolute atomic E-state index is 0.167. The summed E-state index contributed by atoms with van der Waals surface area (Å²) in [5.41, 5.74) is 0.932. The zero-order valence-electron chi connectivity index (χ0n) is 15.1. The highest BCUT2D eigenvalue weighted by Gasteiger charge is 2.33. The fourth-order valence-electron chi connectivity index (χ4n) is 2.96. The van der Waals surface area contributed by atoms with Crippen LogP contribution in [0.1, 0.15) is 17.1 Å². The molecule has 0 bridgehead atoms. The lowest BCUT2D eigenvalue weighted by Gasteiger charge is -2.25. The van der Waals surface area contributed by atoms with E-state index in [1.165, 1.54) is 23.1 Å². The molecule has 2 aliphatic heterocycles. The number of hydrogen-bond acceptors (Lipinski definition) is 8. The van der Waals surface area contributed by atoms with Crippen LogP contribution in [0.3, 0.4) is 0 Å². The van der Waals surface area contributed by atoms with Crippen molar-refractivity contribution in [2.45, 2.75) is 6.54 Å². The first-order valence-electron chi connectivity index (χ1n) is 8.78. The fraction of sp³-hybridized carbons (Fsp3) is 0.263. The van der Waals surface area contributed by atoms with E-state index in [0.29, 0.717) is 41.4 Å². The van der Waals surface area contributed by atoms with E-state index in [9.17, 15) is 14.4 Å². The molecule has 4 rings (SSSR count). The second-order valence-corrected chi connectivity index (χ2v) is 7.99. The van der Waals surface area contributed by atoms with Gasteiger partial charge in [-0.2, -0.15) is 10.2 Å². The SMILES string of the molecule is N#Cc1nc(C=C2SC(=S)N(Cc3ccc(F)cc3)C2=O)oc1N1CCOCC1. The van der Waals surface area contributed by atoms with Crippen molar-refractivity contribution in [2.75, 3.05) is 31.2 Å². The Bertz CT molecular complexity index is 1020. The minimum Gasteiger partial charge on any atom is -0.420 e. The number of rotatable bonds is 4. The minimum atomic E-state index is -0.340. The van der Waals surface area contributed by atoms with Crippen molar-refractivity contribution in [1.82, 2.24) is 9.88 Å². The van der Waals surface area contributed by atoms with E-state index in [1.807, 2.05) is 11.0 Å². The van der Waals surface area contributed by atoms with Gasteiger partial charge in [-0.25, -0.2) is 4.39 Å². The smallest absolute Gasteiger partial charge is 0.266 e. The van der Waals surface area contributed by atoms with Gasteiger partial charge in [0.15, 0.2) is 0 Å². The maximum absolute atomic E-state index is 13.1. The van der Waals surface area contributed by atoms with Crippen molar-refractivity contribution in [3.05, 3.63) is 52.1 Å². The first-order valence-corrected chi connectivity index (χ1v) is 10.0. The number of anilines is 1. The fourth-order valence-corrected chi connectivity index (χ4v) is 4.18. The van der Waals surface area contributed by atoms with Crippen LogP contribution < -0.4 is 4.90 Å². The van der Waals surface area contributed by atoms with Crippen molar-refractivity contribution >= 4 is 46.2 Å². The molecular weight excluding hydrogens is 415 g/mol. The van der Waals surface area contributed by atoms with Gasteiger partial charge in [0.05, 0.1) is 24.7 Å². The Morgan fingerprint density at radius 2 is 2.03 bits per heavy atom. The predicted molar refractivity (Wildman–Crippen MR) is 109 cm³/mol. The Morgan fingerprint density at radius 1 is 1.31 bits per heavy atom. The number of nitriles is 1. The van der Waals surface area contributed by atoms with Gasteiger partial charge >= 0.3 is 0 Å². The van der Waals surface area contributed by atoms with Crippen LogP contribution in [0.2, 0.25) is 0 Å². The van der Waals surface area contributed by atoms with Gasteiger partial charge < -0.3 is 14.1 Å². The van der Waals surface area contributed by atoms with Gasteiger partial charge in [0.2, 0.25) is 17.5 Å². The summed E-state index contributed by atoms with van der Waals surface area (Å²) in [6.45, 7) is 2.54. The molecule has 148 valence electrons. The largest absolute Gasteiger partial charge is 0.420 e. The first kappa shape index (κ1) is 19.6. The van der Waals surface area contributed by atoms with E-state index in [4.69, 9.17) is 21.4 Å². The summed E-state index contributed by atoms with van der Waals surface area (Å²) >= 11 is 6.46. The second kappa shape index (κ2) is 8.32. The number of nitrogens with zero attached hydrogens (tertiary/aromatic N) is 4. The number of ether oxygens (including phenoxy) is 1. The molecule has 7 nitrogen and oxygen atoms in total. The van der Waals surface area contributed by atoms with Gasteiger partial charge in [-0.1, -0.05) is 36.1 Å². The maximum atomic E-state index is 13.1. The average Bonchev–Trinajstić information content (AvgIpc) is 3.26. The lowest BCUT2D eigenvalue weighted by Crippen LogP contribution is -2.36. The molecular formula is C19H15FN4O3S2. The van der Waals surface area contributed by atoms with Gasteiger partial charge in [0.25, 0.3) is 5.91 Å². The van der Waals surface area contributed by atoms with Crippen molar-refractivity contribution in [2.24, 2.45) is 0 Å². The number of aromatic nitrogens is 1. The summed E-state index contributed by atoms with van der Waals surface area (Å²) in [6.07, 6.45) is 1.49. The number of thioether (sulfide) groups is 1. The quantitative estimate of drug-likeness (QED) is 0.541. The summed E-state index contributed by atoms with van der Waals surface area (Å²) in [6, 6.07) is 7.93. The van der Waals surface area contributed by atoms with E-state index in [0.717, 1.165) is 17.3 Å². The molecule has 0 aliphatic carbocycles. The molecule has 0 saturated carbocycles. The van der Waals surface area contributed by atoms with Gasteiger partial charge in [-0.3, -0.25) is 9.69 Å². The second-order valence-electron chi connectivity index (χ2n) is 6.31. The number of halogens is 1. The Morgan fingerprint density at radius 3 is 2.72 bits per heavy atom. The maximum Gasteiger partial charge on any atom is 0.266 e. The van der Waals surface area contributed by atoms with E-state index in [2.05, 4.69) is 4.98 Å². The molecule has 0 spiro atoms. The Hall–Kier alpha value is -2.74. The van der Waals surface area contributed by atoms with Crippen molar-refractivity contribution in [1.29, 1.82) is 5.26 Å². The standard InChI is InChI=1S/C19H15FN4O3S2/c20-13-3-1-12(2-4-13)11-24-17(25)15(29-19(24)28)9-16-22-14(10-21)18(27-16)23-5-7-26-8-6-23/h1-4,9H,5-8,11H2. The number of hydrogen-bond donors (Lipinski definition) is 0. The Labute approximate surface area is 175 Å². The molecule has 0 radical (unpaired) electrons. The summed E-state index contributed by atoms with van der Waals surface area (Å²) in [4.78, 5) is 20.7. The van der Waals surface area contributed by atoms with Gasteiger partial charge in [0, 0.05) is 19.2 Å². The van der Waals surface area contributed by atoms with Crippen LogP contribution in [-0.2, 0) is 16.1 Å². The third kappa shape index (κ3) is 4.17. The molecule has 3 heterocycles. The van der Waals surface area contributed by atoms with E-state index >= 15 is 0 Å². The Balaban J connectivity index is 1.54. The van der Waals surface area contributed by atoms with Crippen LogP contribution in [-0.4, -0.2) is 46.4 Å². The third-order valence-electron chi connectivity index (χ3n) is 4.41. The number of benzene rings is 1. The van der Waals surface area contributed by atoms with Crippen LogP contribution in [0, 0.1) is 17.1 Å². The van der Waals surface area contributed by atoms with E-state index < -0.39 is 0 Å². The highest BCUT2D eigenvalue weighted by molar-refractivity contribution is 8.26. The van der Waals surface area contributed by atoms with Crippen molar-refractivity contribution in [3.8, 4) is 6.07 Å². The zero-order valence-corrected chi connectivity index (χ0v) is 16.8. The highest BCUT2D eigenvalue weighted by Crippen LogP contribution is 2.34. The topological polar surface area (TPSA) is 82.6 Å². The molecule has 1 aromatic heterocycles. The molecule has 1 amide bonds. The van der Waals surface area contributed by atoms with Crippen LogP contribution >= 0.6 is 24.0 Å². The number of carbonyl (C=O) groups excluding carboxylic acids is 1. The number of carbonyl (C=O) groups is 1. The predicted octanol–water partition coefficient (Wildman–Crippen LogP) is 2.92. The normalized spacial score (nSPS) is 18.6. The number of amides is 1. The summed E-state index contributed by atoms with van der Waals surface area (Å²) < 4.78 is 24.5. The average molecular weight is 430 g/mol. The third-order valence-corrected chi connectivity index (χ3v) is 5.79. The molecule has 1 aromatic carbocycles. The summed E-state index contributed by atoms with van der Waals surface area (Å²) in [7, 11) is 0. The molecule has 0 atom stereocenters. The lowest BCUT2D eigenvalue weighted by atomic mass is 10.2. The van der Waals surface area contributed by atoms with E-state index in [1.54, 1.807) is 12.1 Å². The lowest BCUT2D eigenvalue weighted by molar-refractivity contribution is -0.122. The molecule has 29 heavy (non-hydrogen) atoms. The molecule has 0 unspecified atom stereocenters. The van der Waals surface area contributed by atoms with Gasteiger partial charge in [0.1, 0.15) is 16.2 Å². The Kier molecular flexibility index (Phi) is 5.62.